The molecule has 0 unspecified atom stereocenters. The number of likely N-dealkylation sites (N-methyl/N-ethyl adjacent to an activating group) is 1. The lowest BCUT2D eigenvalue weighted by atomic mass is 9.93. The summed E-state index contributed by atoms with van der Waals surface area (Å²) in [4.78, 5) is 26.9. The molecule has 0 saturated carbocycles. The van der Waals surface area contributed by atoms with Gasteiger partial charge >= 0.3 is 0 Å². The van der Waals surface area contributed by atoms with Crippen molar-refractivity contribution in [2.45, 2.75) is 34.1 Å². The Kier molecular flexibility index (Phi) is 7.69. The monoisotopic (exact) mass is 494 g/mol. The van der Waals surface area contributed by atoms with E-state index in [1.165, 1.54) is 0 Å². The number of hydrogen-bond donors (Lipinski definition) is 0. The Morgan fingerprint density at radius 1 is 1.05 bits per heavy atom. The van der Waals surface area contributed by atoms with Crippen LogP contribution in [-0.2, 0) is 9.59 Å². The van der Waals surface area contributed by atoms with E-state index >= 15 is 0 Å². The maximum absolute atomic E-state index is 13.2. The normalized spacial score (nSPS) is 15.0. The molecule has 1 aliphatic rings. The fourth-order valence-corrected chi connectivity index (χ4v) is 4.12. The van der Waals surface area contributed by atoms with Crippen LogP contribution in [-0.4, -0.2) is 39.6 Å². The lowest BCUT2D eigenvalue weighted by Crippen LogP contribution is -2.42. The molecule has 0 saturated heterocycles. The number of hydrogen-bond acceptors (Lipinski definition) is 5. The van der Waals surface area contributed by atoms with Crippen LogP contribution in [0.4, 0.5) is 0 Å². The number of para-hydroxylation sites is 1. The SMILES string of the molecule is CCN1C(=O)C(C#N)=C(C)/C(=C\c2cn(-c3ccccc3)nc2-c2ccc(OCCC(C)C)cc2)C1=O. The first-order valence-electron chi connectivity index (χ1n) is 12.4. The lowest BCUT2D eigenvalue weighted by molar-refractivity contribution is -0.140. The Bertz CT molecular complexity index is 1410. The van der Waals surface area contributed by atoms with Gasteiger partial charge in [-0.05, 0) is 74.2 Å². The number of rotatable bonds is 8. The third-order valence-electron chi connectivity index (χ3n) is 6.30. The zero-order valence-electron chi connectivity index (χ0n) is 21.6. The summed E-state index contributed by atoms with van der Waals surface area (Å²) >= 11 is 0. The van der Waals surface area contributed by atoms with Gasteiger partial charge in [-0.1, -0.05) is 32.0 Å². The van der Waals surface area contributed by atoms with Gasteiger partial charge < -0.3 is 4.74 Å². The largest absolute Gasteiger partial charge is 0.494 e. The summed E-state index contributed by atoms with van der Waals surface area (Å²) in [7, 11) is 0. The van der Waals surface area contributed by atoms with Gasteiger partial charge in [-0.25, -0.2) is 4.68 Å². The van der Waals surface area contributed by atoms with Crippen molar-refractivity contribution in [3.8, 4) is 28.8 Å². The van der Waals surface area contributed by atoms with Gasteiger partial charge in [0.2, 0.25) is 0 Å². The molecule has 2 heterocycles. The molecule has 0 N–H and O–H groups in total. The Labute approximate surface area is 217 Å². The van der Waals surface area contributed by atoms with E-state index in [2.05, 4.69) is 13.8 Å². The van der Waals surface area contributed by atoms with E-state index in [0.717, 1.165) is 28.3 Å². The maximum Gasteiger partial charge on any atom is 0.271 e. The lowest BCUT2D eigenvalue weighted by Gasteiger charge is -2.26. The summed E-state index contributed by atoms with van der Waals surface area (Å²) in [6.07, 6.45) is 4.55. The molecule has 3 aromatic rings. The number of ether oxygens (including phenoxy) is 1. The molecule has 0 spiro atoms. The highest BCUT2D eigenvalue weighted by Gasteiger charge is 2.34. The second-order valence-corrected chi connectivity index (χ2v) is 9.29. The van der Waals surface area contributed by atoms with Crippen LogP contribution in [0, 0.1) is 17.2 Å². The second kappa shape index (κ2) is 11.1. The molecule has 0 aliphatic carbocycles. The Morgan fingerprint density at radius 3 is 2.38 bits per heavy atom. The first-order chi connectivity index (χ1) is 17.8. The summed E-state index contributed by atoms with van der Waals surface area (Å²) in [6, 6.07) is 19.4. The van der Waals surface area contributed by atoms with Crippen molar-refractivity contribution in [2.24, 2.45) is 5.92 Å². The standard InChI is InChI=1S/C30H30N4O3/c1-5-33-29(35)26(21(4)27(18-31)30(33)36)17-23-19-34(24-9-7-6-8-10-24)32-28(23)22-11-13-25(14-12-22)37-16-15-20(2)3/h6-14,17,19-20H,5,15-16H2,1-4H3/b26-17+. The summed E-state index contributed by atoms with van der Waals surface area (Å²) in [5, 5.41) is 14.4. The molecule has 188 valence electrons. The van der Waals surface area contributed by atoms with E-state index in [1.807, 2.05) is 66.9 Å². The third-order valence-corrected chi connectivity index (χ3v) is 6.30. The smallest absolute Gasteiger partial charge is 0.271 e. The van der Waals surface area contributed by atoms with Crippen LogP contribution in [0.15, 0.2) is 77.5 Å². The number of carbonyl (C=O) groups excluding carboxylic acids is 2. The number of carbonyl (C=O) groups is 2. The highest BCUT2D eigenvalue weighted by atomic mass is 16.5. The molecule has 0 radical (unpaired) electrons. The van der Waals surface area contributed by atoms with Gasteiger partial charge in [-0.3, -0.25) is 14.5 Å². The average Bonchev–Trinajstić information content (AvgIpc) is 3.32. The number of imide groups is 1. The van der Waals surface area contributed by atoms with Crippen molar-refractivity contribution in [1.29, 1.82) is 5.26 Å². The number of nitriles is 1. The average molecular weight is 495 g/mol. The van der Waals surface area contributed by atoms with Crippen molar-refractivity contribution in [2.75, 3.05) is 13.2 Å². The molecule has 0 fully saturated rings. The summed E-state index contributed by atoms with van der Waals surface area (Å²) in [6.45, 7) is 8.51. The van der Waals surface area contributed by atoms with Crippen molar-refractivity contribution < 1.29 is 14.3 Å². The van der Waals surface area contributed by atoms with E-state index < -0.39 is 11.8 Å². The van der Waals surface area contributed by atoms with Crippen molar-refractivity contribution in [1.82, 2.24) is 14.7 Å². The van der Waals surface area contributed by atoms with E-state index in [1.54, 1.807) is 24.6 Å². The molecule has 4 rings (SSSR count). The second-order valence-electron chi connectivity index (χ2n) is 9.29. The molecule has 2 amide bonds. The Balaban J connectivity index is 1.80. The highest BCUT2D eigenvalue weighted by molar-refractivity contribution is 6.19. The van der Waals surface area contributed by atoms with Crippen LogP contribution in [0.25, 0.3) is 23.0 Å². The van der Waals surface area contributed by atoms with E-state index in [0.29, 0.717) is 34.9 Å². The van der Waals surface area contributed by atoms with E-state index in [-0.39, 0.29) is 12.1 Å². The number of amides is 2. The molecular weight excluding hydrogens is 464 g/mol. The highest BCUT2D eigenvalue weighted by Crippen LogP contribution is 2.31. The van der Waals surface area contributed by atoms with Crippen molar-refractivity contribution >= 4 is 17.9 Å². The fourth-order valence-electron chi connectivity index (χ4n) is 4.12. The van der Waals surface area contributed by atoms with Crippen LogP contribution in [0.5, 0.6) is 5.75 Å². The van der Waals surface area contributed by atoms with Crippen LogP contribution in [0.1, 0.15) is 39.7 Å². The molecule has 7 nitrogen and oxygen atoms in total. The molecule has 37 heavy (non-hydrogen) atoms. The van der Waals surface area contributed by atoms with Gasteiger partial charge in [0.05, 0.1) is 18.0 Å². The third kappa shape index (κ3) is 5.39. The summed E-state index contributed by atoms with van der Waals surface area (Å²) in [5.74, 6) is 0.371. The van der Waals surface area contributed by atoms with E-state index in [4.69, 9.17) is 9.84 Å². The van der Waals surface area contributed by atoms with Crippen LogP contribution >= 0.6 is 0 Å². The van der Waals surface area contributed by atoms with Gasteiger partial charge in [0.15, 0.2) is 0 Å². The Hall–Kier alpha value is -4.44. The molecule has 0 atom stereocenters. The van der Waals surface area contributed by atoms with Gasteiger partial charge in [0.1, 0.15) is 17.4 Å². The van der Waals surface area contributed by atoms with Crippen molar-refractivity contribution in [3.05, 3.63) is 83.1 Å². The fraction of sp³-hybridized carbons (Fsp3) is 0.267. The van der Waals surface area contributed by atoms with Crippen molar-refractivity contribution in [3.63, 3.8) is 0 Å². The Morgan fingerprint density at radius 2 is 1.76 bits per heavy atom. The predicted molar refractivity (Wildman–Crippen MR) is 143 cm³/mol. The minimum atomic E-state index is -0.557. The zero-order chi connectivity index (χ0) is 26.5. The molecule has 1 aromatic heterocycles. The molecular formula is C30H30N4O3. The molecule has 0 bridgehead atoms. The first kappa shape index (κ1) is 25.6. The number of nitrogens with zero attached hydrogens (tertiary/aromatic N) is 4. The van der Waals surface area contributed by atoms with Crippen LogP contribution < -0.4 is 4.74 Å². The first-order valence-corrected chi connectivity index (χ1v) is 12.4. The topological polar surface area (TPSA) is 88.2 Å². The summed E-state index contributed by atoms with van der Waals surface area (Å²) in [5.41, 5.74) is 3.74. The van der Waals surface area contributed by atoms with Crippen LogP contribution in [0.2, 0.25) is 0 Å². The van der Waals surface area contributed by atoms with Gasteiger partial charge in [0, 0.05) is 29.4 Å². The summed E-state index contributed by atoms with van der Waals surface area (Å²) < 4.78 is 7.62. The minimum absolute atomic E-state index is 0.0207. The molecule has 1 aliphatic heterocycles. The number of benzene rings is 2. The molecule has 7 heteroatoms. The maximum atomic E-state index is 13.2. The predicted octanol–water partition coefficient (Wildman–Crippen LogP) is 5.58. The van der Waals surface area contributed by atoms with Gasteiger partial charge in [0.25, 0.3) is 11.8 Å². The van der Waals surface area contributed by atoms with Gasteiger partial charge in [-0.2, -0.15) is 10.4 Å². The quantitative estimate of drug-likeness (QED) is 0.301. The van der Waals surface area contributed by atoms with Crippen LogP contribution in [0.3, 0.4) is 0 Å². The minimum Gasteiger partial charge on any atom is -0.494 e. The number of aromatic nitrogens is 2. The zero-order valence-corrected chi connectivity index (χ0v) is 21.6. The molecule has 2 aromatic carbocycles. The van der Waals surface area contributed by atoms with E-state index in [9.17, 15) is 14.9 Å². The van der Waals surface area contributed by atoms with Gasteiger partial charge in [-0.15, -0.1) is 0 Å².